The molecular formula is C23H38N2O5Si. The van der Waals surface area contributed by atoms with Crippen molar-refractivity contribution < 1.29 is 23.9 Å². The Labute approximate surface area is 187 Å². The van der Waals surface area contributed by atoms with Crippen molar-refractivity contribution in [3.63, 3.8) is 0 Å². The Kier molecular flexibility index (Phi) is 10.8. The summed E-state index contributed by atoms with van der Waals surface area (Å²) in [5.74, 6) is 0.461. The van der Waals surface area contributed by atoms with Crippen molar-refractivity contribution in [2.45, 2.75) is 58.2 Å². The highest BCUT2D eigenvalue weighted by Gasteiger charge is 2.36. The summed E-state index contributed by atoms with van der Waals surface area (Å²) in [6, 6.07) is 5.01. The third-order valence-electron chi connectivity index (χ3n) is 5.45. The zero-order chi connectivity index (χ0) is 23.5. The molecule has 0 radical (unpaired) electrons. The summed E-state index contributed by atoms with van der Waals surface area (Å²) in [6.45, 7) is 11.7. The highest BCUT2D eigenvalue weighted by atomic mass is 28.4. The molecule has 0 spiro atoms. The minimum Gasteiger partial charge on any atom is -0.507 e. The van der Waals surface area contributed by atoms with Crippen molar-refractivity contribution in [3.05, 3.63) is 29.8 Å². The normalized spacial score (nSPS) is 12.1. The minimum absolute atomic E-state index is 0.0353. The van der Waals surface area contributed by atoms with Crippen LogP contribution in [0.5, 0.6) is 11.5 Å². The lowest BCUT2D eigenvalue weighted by molar-refractivity contribution is -0.126. The van der Waals surface area contributed by atoms with Crippen LogP contribution in [0.1, 0.15) is 45.6 Å². The number of carbonyl (C=O) groups excluding carboxylic acids is 2. The minimum atomic E-state index is -1.81. The molecule has 0 bridgehead atoms. The van der Waals surface area contributed by atoms with Crippen LogP contribution >= 0.6 is 0 Å². The predicted octanol–water partition coefficient (Wildman–Crippen LogP) is 3.84. The average molecular weight is 451 g/mol. The van der Waals surface area contributed by atoms with Crippen molar-refractivity contribution in [1.29, 1.82) is 0 Å². The number of allylic oxidation sites excluding steroid dienone is 1. The largest absolute Gasteiger partial charge is 0.507 e. The zero-order valence-electron chi connectivity index (χ0n) is 19.7. The predicted molar refractivity (Wildman–Crippen MR) is 127 cm³/mol. The molecule has 0 aliphatic carbocycles. The molecule has 1 aromatic rings. The summed E-state index contributed by atoms with van der Waals surface area (Å²) >= 11 is 0. The number of benzene rings is 1. The van der Waals surface area contributed by atoms with E-state index in [-0.39, 0.29) is 29.1 Å². The van der Waals surface area contributed by atoms with Crippen LogP contribution in [0.3, 0.4) is 0 Å². The Morgan fingerprint density at radius 2 is 1.87 bits per heavy atom. The standard InChI is InChI=1S/C23H38N2O5Si/c1-23(2,3)31(5,6)30-15-14-24-22(28)17-25-21(27)11-9-7-8-10-18-16-19(29-4)12-13-20(18)26/h8,10,12-13,16,26H,7,9,11,14-15,17H2,1-6H3,(H,24,28)(H,25,27). The van der Waals surface area contributed by atoms with E-state index in [1.807, 2.05) is 6.08 Å². The number of nitrogens with one attached hydrogen (secondary N) is 2. The fourth-order valence-electron chi connectivity index (χ4n) is 2.43. The van der Waals surface area contributed by atoms with E-state index in [1.54, 1.807) is 31.4 Å². The third-order valence-corrected chi connectivity index (χ3v) is 9.98. The third kappa shape index (κ3) is 10.0. The maximum absolute atomic E-state index is 11.9. The van der Waals surface area contributed by atoms with E-state index >= 15 is 0 Å². The van der Waals surface area contributed by atoms with Crippen LogP contribution in [-0.2, 0) is 14.0 Å². The molecule has 0 atom stereocenters. The van der Waals surface area contributed by atoms with Crippen LogP contribution < -0.4 is 15.4 Å². The molecule has 31 heavy (non-hydrogen) atoms. The van der Waals surface area contributed by atoms with Gasteiger partial charge in [0.05, 0.1) is 20.3 Å². The number of phenolic OH excluding ortho intramolecular Hbond substituents is 1. The Balaban J connectivity index is 2.20. The first-order chi connectivity index (χ1) is 14.5. The van der Waals surface area contributed by atoms with Crippen LogP contribution in [0.15, 0.2) is 24.3 Å². The molecule has 7 nitrogen and oxygen atoms in total. The van der Waals surface area contributed by atoms with Gasteiger partial charge in [-0.05, 0) is 49.2 Å². The maximum Gasteiger partial charge on any atom is 0.239 e. The van der Waals surface area contributed by atoms with Crippen LogP contribution in [0.2, 0.25) is 18.1 Å². The summed E-state index contributed by atoms with van der Waals surface area (Å²) in [4.78, 5) is 23.8. The number of unbranched alkanes of at least 4 members (excludes halogenated alkanes) is 1. The van der Waals surface area contributed by atoms with Crippen LogP contribution in [-0.4, -0.2) is 52.0 Å². The second-order valence-electron chi connectivity index (χ2n) is 8.95. The first-order valence-corrected chi connectivity index (χ1v) is 13.6. The van der Waals surface area contributed by atoms with Gasteiger partial charge in [-0.15, -0.1) is 0 Å². The second-order valence-corrected chi connectivity index (χ2v) is 13.8. The van der Waals surface area contributed by atoms with Gasteiger partial charge in [0, 0.05) is 18.5 Å². The van der Waals surface area contributed by atoms with Crippen molar-refractivity contribution in [2.24, 2.45) is 0 Å². The first-order valence-electron chi connectivity index (χ1n) is 10.7. The van der Waals surface area contributed by atoms with E-state index in [2.05, 4.69) is 44.5 Å². The molecule has 0 aromatic heterocycles. The lowest BCUT2D eigenvalue weighted by atomic mass is 10.1. The number of rotatable bonds is 12. The summed E-state index contributed by atoms with van der Waals surface area (Å²) in [7, 11) is -0.240. The molecule has 0 aliphatic rings. The van der Waals surface area contributed by atoms with E-state index in [0.29, 0.717) is 43.7 Å². The molecule has 0 saturated carbocycles. The number of hydrogen-bond donors (Lipinski definition) is 3. The van der Waals surface area contributed by atoms with Crippen molar-refractivity contribution >= 4 is 26.2 Å². The van der Waals surface area contributed by atoms with Gasteiger partial charge in [-0.2, -0.15) is 0 Å². The van der Waals surface area contributed by atoms with Crippen LogP contribution in [0.25, 0.3) is 6.08 Å². The van der Waals surface area contributed by atoms with E-state index in [0.717, 1.165) is 0 Å². The lowest BCUT2D eigenvalue weighted by Crippen LogP contribution is -2.43. The number of aromatic hydroxyl groups is 1. The Bertz CT molecular complexity index is 757. The van der Waals surface area contributed by atoms with Gasteiger partial charge in [0.1, 0.15) is 11.5 Å². The van der Waals surface area contributed by atoms with Crippen LogP contribution in [0, 0.1) is 0 Å². The topological polar surface area (TPSA) is 96.9 Å². The maximum atomic E-state index is 11.9. The summed E-state index contributed by atoms with van der Waals surface area (Å²) in [5.41, 5.74) is 0.665. The SMILES string of the molecule is COc1ccc(O)c(C=CCCCC(=O)NCC(=O)NCCO[Si](C)(C)C(C)(C)C)c1. The number of amides is 2. The Morgan fingerprint density at radius 1 is 1.16 bits per heavy atom. The van der Waals surface area contributed by atoms with Gasteiger partial charge in [-0.25, -0.2) is 0 Å². The highest BCUT2D eigenvalue weighted by Crippen LogP contribution is 2.36. The lowest BCUT2D eigenvalue weighted by Gasteiger charge is -2.36. The average Bonchev–Trinajstić information content (AvgIpc) is 2.69. The van der Waals surface area contributed by atoms with E-state index < -0.39 is 8.32 Å². The molecule has 0 saturated heterocycles. The molecule has 0 heterocycles. The van der Waals surface area contributed by atoms with Gasteiger partial charge in [-0.3, -0.25) is 9.59 Å². The molecule has 8 heteroatoms. The smallest absolute Gasteiger partial charge is 0.239 e. The molecule has 3 N–H and O–H groups in total. The zero-order valence-corrected chi connectivity index (χ0v) is 20.7. The summed E-state index contributed by atoms with van der Waals surface area (Å²) in [6.07, 6.45) is 5.36. The Morgan fingerprint density at radius 3 is 2.52 bits per heavy atom. The number of phenols is 1. The van der Waals surface area contributed by atoms with Crippen molar-refractivity contribution in [3.8, 4) is 11.5 Å². The first kappa shape index (κ1) is 26.7. The molecule has 0 aliphatic heterocycles. The van der Waals surface area contributed by atoms with E-state index in [4.69, 9.17) is 9.16 Å². The summed E-state index contributed by atoms with van der Waals surface area (Å²) < 4.78 is 11.1. The number of carbonyl (C=O) groups is 2. The molecule has 1 aromatic carbocycles. The van der Waals surface area contributed by atoms with Gasteiger partial charge in [0.2, 0.25) is 11.8 Å². The molecule has 1 rings (SSSR count). The molecular weight excluding hydrogens is 412 g/mol. The monoisotopic (exact) mass is 450 g/mol. The number of hydrogen-bond acceptors (Lipinski definition) is 5. The molecule has 0 unspecified atom stereocenters. The fraction of sp³-hybridized carbons (Fsp3) is 0.565. The van der Waals surface area contributed by atoms with Crippen molar-refractivity contribution in [2.75, 3.05) is 26.8 Å². The highest BCUT2D eigenvalue weighted by molar-refractivity contribution is 6.74. The molecule has 174 valence electrons. The van der Waals surface area contributed by atoms with E-state index in [1.165, 1.54) is 0 Å². The van der Waals surface area contributed by atoms with Crippen LogP contribution in [0.4, 0.5) is 0 Å². The fourth-order valence-corrected chi connectivity index (χ4v) is 3.47. The molecule has 2 amide bonds. The van der Waals surface area contributed by atoms with E-state index in [9.17, 15) is 14.7 Å². The van der Waals surface area contributed by atoms with Crippen molar-refractivity contribution in [1.82, 2.24) is 10.6 Å². The molecule has 0 fully saturated rings. The van der Waals surface area contributed by atoms with Gasteiger partial charge < -0.3 is 24.9 Å². The number of ether oxygens (including phenoxy) is 1. The van der Waals surface area contributed by atoms with Gasteiger partial charge in [0.15, 0.2) is 8.32 Å². The quantitative estimate of drug-likeness (QED) is 0.332. The van der Waals surface area contributed by atoms with Gasteiger partial charge in [0.25, 0.3) is 0 Å². The Hall–Kier alpha value is -2.32. The van der Waals surface area contributed by atoms with Gasteiger partial charge >= 0.3 is 0 Å². The summed E-state index contributed by atoms with van der Waals surface area (Å²) in [5, 5.41) is 15.4. The van der Waals surface area contributed by atoms with Gasteiger partial charge in [-0.1, -0.05) is 32.9 Å². The number of methoxy groups -OCH3 is 1. The second kappa shape index (κ2) is 12.5.